The van der Waals surface area contributed by atoms with Crippen molar-refractivity contribution in [3.63, 3.8) is 0 Å². The summed E-state index contributed by atoms with van der Waals surface area (Å²) in [6.07, 6.45) is 4.11. The number of likely N-dealkylation sites (tertiary alicyclic amines) is 1. The summed E-state index contributed by atoms with van der Waals surface area (Å²) in [6, 6.07) is 0. The van der Waals surface area contributed by atoms with Gasteiger partial charge in [0.05, 0.1) is 0 Å². The van der Waals surface area contributed by atoms with E-state index in [9.17, 15) is 4.79 Å². The number of aliphatic hydroxyl groups excluding tert-OH is 1. The second-order valence-electron chi connectivity index (χ2n) is 4.44. The van der Waals surface area contributed by atoms with Gasteiger partial charge in [0.15, 0.2) is 0 Å². The Morgan fingerprint density at radius 1 is 1.56 bits per heavy atom. The number of hydrogen-bond donors (Lipinski definition) is 1. The summed E-state index contributed by atoms with van der Waals surface area (Å²) in [7, 11) is 0. The van der Waals surface area contributed by atoms with Crippen LogP contribution in [0, 0.1) is 5.92 Å². The molecular weight excluding hydrogens is 206 g/mol. The third-order valence-corrected chi connectivity index (χ3v) is 3.00. The molecule has 1 aliphatic rings. The number of piperidine rings is 1. The van der Waals surface area contributed by atoms with Crippen LogP contribution in [0.1, 0.15) is 32.6 Å². The number of unbranched alkanes of at least 4 members (excludes halogenated alkanes) is 1. The average Bonchev–Trinajstić information content (AvgIpc) is 2.34. The van der Waals surface area contributed by atoms with Crippen LogP contribution in [0.2, 0.25) is 0 Å². The largest absolute Gasteiger partial charge is 0.396 e. The van der Waals surface area contributed by atoms with Gasteiger partial charge in [-0.05, 0) is 25.2 Å². The van der Waals surface area contributed by atoms with Crippen LogP contribution in [0.5, 0.6) is 0 Å². The van der Waals surface area contributed by atoms with Gasteiger partial charge in [0.2, 0.25) is 5.91 Å². The first-order valence-electron chi connectivity index (χ1n) is 6.24. The van der Waals surface area contributed by atoms with Crippen LogP contribution in [0.15, 0.2) is 0 Å². The van der Waals surface area contributed by atoms with Gasteiger partial charge in [-0.3, -0.25) is 4.79 Å². The Labute approximate surface area is 97.6 Å². The van der Waals surface area contributed by atoms with Crippen LogP contribution in [0.4, 0.5) is 0 Å². The van der Waals surface area contributed by atoms with Gasteiger partial charge >= 0.3 is 0 Å². The smallest absolute Gasteiger partial charge is 0.248 e. The minimum atomic E-state index is 0.0641. The Morgan fingerprint density at radius 3 is 3.06 bits per heavy atom. The molecule has 0 unspecified atom stereocenters. The van der Waals surface area contributed by atoms with Crippen LogP contribution in [-0.2, 0) is 9.53 Å². The summed E-state index contributed by atoms with van der Waals surface area (Å²) in [6.45, 7) is 4.64. The van der Waals surface area contributed by atoms with E-state index in [2.05, 4.69) is 6.92 Å². The zero-order valence-electron chi connectivity index (χ0n) is 10.2. The normalized spacial score (nSPS) is 21.1. The van der Waals surface area contributed by atoms with Crippen molar-refractivity contribution in [2.24, 2.45) is 5.92 Å². The lowest BCUT2D eigenvalue weighted by Crippen LogP contribution is -2.42. The highest BCUT2D eigenvalue weighted by Gasteiger charge is 2.22. The maximum atomic E-state index is 11.7. The average molecular weight is 229 g/mol. The minimum Gasteiger partial charge on any atom is -0.396 e. The fourth-order valence-electron chi connectivity index (χ4n) is 1.94. The van der Waals surface area contributed by atoms with Gasteiger partial charge in [-0.25, -0.2) is 0 Å². The Bertz CT molecular complexity index is 208. The van der Waals surface area contributed by atoms with E-state index in [1.54, 1.807) is 0 Å². The van der Waals surface area contributed by atoms with E-state index in [-0.39, 0.29) is 25.0 Å². The van der Waals surface area contributed by atoms with Gasteiger partial charge in [-0.1, -0.05) is 13.3 Å². The number of carbonyl (C=O) groups is 1. The first kappa shape index (κ1) is 13.5. The van der Waals surface area contributed by atoms with Crippen LogP contribution in [0.25, 0.3) is 0 Å². The molecular formula is C12H23NO3. The van der Waals surface area contributed by atoms with E-state index in [4.69, 9.17) is 9.84 Å². The summed E-state index contributed by atoms with van der Waals surface area (Å²) < 4.78 is 5.30. The van der Waals surface area contributed by atoms with Crippen molar-refractivity contribution < 1.29 is 14.6 Å². The Balaban J connectivity index is 2.19. The van der Waals surface area contributed by atoms with E-state index in [0.29, 0.717) is 13.2 Å². The predicted octanol–water partition coefficient (Wildman–Crippen LogP) is 1.03. The number of rotatable bonds is 6. The fraction of sp³-hybridized carbons (Fsp3) is 0.917. The molecule has 0 aromatic rings. The highest BCUT2D eigenvalue weighted by Crippen LogP contribution is 2.15. The van der Waals surface area contributed by atoms with Crippen molar-refractivity contribution in [1.29, 1.82) is 0 Å². The Hall–Kier alpha value is -0.610. The summed E-state index contributed by atoms with van der Waals surface area (Å²) in [5.74, 6) is 0.322. The molecule has 0 bridgehead atoms. The van der Waals surface area contributed by atoms with Crippen LogP contribution in [0.3, 0.4) is 0 Å². The molecule has 1 rings (SSSR count). The van der Waals surface area contributed by atoms with Gasteiger partial charge in [0.25, 0.3) is 0 Å². The van der Waals surface area contributed by atoms with E-state index in [1.807, 2.05) is 4.90 Å². The molecule has 1 amide bonds. The molecule has 1 heterocycles. The third-order valence-electron chi connectivity index (χ3n) is 3.00. The summed E-state index contributed by atoms with van der Waals surface area (Å²) >= 11 is 0. The maximum absolute atomic E-state index is 11.7. The van der Waals surface area contributed by atoms with E-state index >= 15 is 0 Å². The number of carbonyl (C=O) groups excluding carboxylic acids is 1. The number of ether oxygens (including phenoxy) is 1. The quantitative estimate of drug-likeness (QED) is 0.692. The number of amides is 1. The minimum absolute atomic E-state index is 0.0641. The van der Waals surface area contributed by atoms with Crippen molar-refractivity contribution in [2.45, 2.75) is 32.6 Å². The molecule has 1 aliphatic heterocycles. The van der Waals surface area contributed by atoms with E-state index in [0.717, 1.165) is 32.2 Å². The first-order valence-corrected chi connectivity index (χ1v) is 6.24. The molecule has 1 saturated heterocycles. The molecule has 0 radical (unpaired) electrons. The van der Waals surface area contributed by atoms with Crippen molar-refractivity contribution >= 4 is 5.91 Å². The van der Waals surface area contributed by atoms with Crippen molar-refractivity contribution in [3.8, 4) is 0 Å². The van der Waals surface area contributed by atoms with Crippen molar-refractivity contribution in [2.75, 3.05) is 32.9 Å². The van der Waals surface area contributed by atoms with Crippen molar-refractivity contribution in [3.05, 3.63) is 0 Å². The van der Waals surface area contributed by atoms with Gasteiger partial charge in [0, 0.05) is 26.3 Å². The standard InChI is InChI=1S/C12H23NO3/c1-2-3-7-16-10-12(15)13-6-4-5-11(8-13)9-14/h11,14H,2-10H2,1H3/t11-/m1/s1. The topological polar surface area (TPSA) is 49.8 Å². The second-order valence-corrected chi connectivity index (χ2v) is 4.44. The number of aliphatic hydroxyl groups is 1. The molecule has 0 aliphatic carbocycles. The number of nitrogens with zero attached hydrogens (tertiary/aromatic N) is 1. The second kappa shape index (κ2) is 7.63. The fourth-order valence-corrected chi connectivity index (χ4v) is 1.94. The Kier molecular flexibility index (Phi) is 6.42. The van der Waals surface area contributed by atoms with E-state index in [1.165, 1.54) is 0 Å². The lowest BCUT2D eigenvalue weighted by molar-refractivity contribution is -0.138. The van der Waals surface area contributed by atoms with Crippen LogP contribution < -0.4 is 0 Å². The zero-order valence-corrected chi connectivity index (χ0v) is 10.2. The third kappa shape index (κ3) is 4.49. The molecule has 0 spiro atoms. The molecule has 94 valence electrons. The molecule has 0 saturated carbocycles. The zero-order chi connectivity index (χ0) is 11.8. The van der Waals surface area contributed by atoms with Gasteiger partial charge in [0.1, 0.15) is 6.61 Å². The first-order chi connectivity index (χ1) is 7.77. The predicted molar refractivity (Wildman–Crippen MR) is 62.1 cm³/mol. The monoisotopic (exact) mass is 229 g/mol. The number of hydrogen-bond acceptors (Lipinski definition) is 3. The van der Waals surface area contributed by atoms with Gasteiger partial charge in [-0.2, -0.15) is 0 Å². The Morgan fingerprint density at radius 2 is 2.38 bits per heavy atom. The van der Waals surface area contributed by atoms with E-state index < -0.39 is 0 Å². The van der Waals surface area contributed by atoms with Gasteiger partial charge in [-0.15, -0.1) is 0 Å². The summed E-state index contributed by atoms with van der Waals surface area (Å²) in [5.41, 5.74) is 0. The van der Waals surface area contributed by atoms with Crippen molar-refractivity contribution in [1.82, 2.24) is 4.90 Å². The summed E-state index contributed by atoms with van der Waals surface area (Å²) in [4.78, 5) is 13.6. The highest BCUT2D eigenvalue weighted by atomic mass is 16.5. The molecule has 0 aromatic carbocycles. The molecule has 4 nitrogen and oxygen atoms in total. The van der Waals surface area contributed by atoms with Gasteiger partial charge < -0.3 is 14.7 Å². The van der Waals surface area contributed by atoms with Crippen LogP contribution >= 0.6 is 0 Å². The maximum Gasteiger partial charge on any atom is 0.248 e. The molecule has 1 atom stereocenters. The SMILES string of the molecule is CCCCOCC(=O)N1CCC[C@@H](CO)C1. The lowest BCUT2D eigenvalue weighted by Gasteiger charge is -2.31. The summed E-state index contributed by atoms with van der Waals surface area (Å²) in [5, 5.41) is 9.07. The highest BCUT2D eigenvalue weighted by molar-refractivity contribution is 5.77. The molecule has 16 heavy (non-hydrogen) atoms. The molecule has 4 heteroatoms. The van der Waals surface area contributed by atoms with Crippen LogP contribution in [-0.4, -0.2) is 48.8 Å². The molecule has 0 aromatic heterocycles. The lowest BCUT2D eigenvalue weighted by atomic mass is 9.99. The molecule has 1 fully saturated rings. The molecule has 1 N–H and O–H groups in total.